The number of carbonyl (C=O) groups is 1. The summed E-state index contributed by atoms with van der Waals surface area (Å²) in [5.74, 6) is -1.10. The van der Waals surface area contributed by atoms with Crippen LogP contribution in [0.3, 0.4) is 0 Å². The summed E-state index contributed by atoms with van der Waals surface area (Å²) in [6.45, 7) is 2.26. The molecule has 0 heterocycles. The maximum Gasteiger partial charge on any atom is 0.333 e. The van der Waals surface area contributed by atoms with E-state index < -0.39 is 22.1 Å². The molecule has 0 fully saturated rings. The van der Waals surface area contributed by atoms with E-state index in [1.807, 2.05) is 0 Å². The van der Waals surface area contributed by atoms with Crippen LogP contribution in [0, 0.1) is 0 Å². The largest absolute Gasteiger partial charge is 0.480 e. The summed E-state index contributed by atoms with van der Waals surface area (Å²) in [7, 11) is 0. The third-order valence-corrected chi connectivity index (χ3v) is 24.9. The molecule has 0 aliphatic carbocycles. The zero-order valence-electron chi connectivity index (χ0n) is 17.8. The summed E-state index contributed by atoms with van der Waals surface area (Å²) in [4.78, 5) is 11.8. The van der Waals surface area contributed by atoms with Crippen LogP contribution in [0.5, 0.6) is 0 Å². The van der Waals surface area contributed by atoms with Crippen molar-refractivity contribution in [2.75, 3.05) is 0 Å². The van der Waals surface area contributed by atoms with Crippen molar-refractivity contribution in [3.8, 4) is 0 Å². The highest BCUT2D eigenvalue weighted by Gasteiger charge is 2.71. The molecule has 0 saturated heterocycles. The lowest BCUT2D eigenvalue weighted by Gasteiger charge is -2.51. The Morgan fingerprint density at radius 1 is 0.562 bits per heavy atom. The first-order valence-corrected chi connectivity index (χ1v) is 18.6. The molecule has 192 valence electrons. The second-order valence-electron chi connectivity index (χ2n) is 7.95. The van der Waals surface area contributed by atoms with Crippen molar-refractivity contribution in [2.45, 2.75) is 107 Å². The summed E-state index contributed by atoms with van der Waals surface area (Å²) in [6, 6.07) is 0. The van der Waals surface area contributed by atoms with Crippen molar-refractivity contribution >= 4 is 165 Å². The standard InChI is InChI=1S/C20H30Br10O2/c1-2-3-4-5-6-7-8-9-10-11-12-13-14-16(21,22)18(25,26)20(29,30)19(27,28)17(23,24)15(31)32/h2-14H2,1H3,(H,31,32). The van der Waals surface area contributed by atoms with E-state index in [0.717, 1.165) is 19.3 Å². The number of carboxylic acid groups (broad SMARTS) is 1. The normalized spacial score (nSPS) is 14.1. The molecular weight excluding hydrogens is 1070 g/mol. The molecule has 1 N–H and O–H groups in total. The van der Waals surface area contributed by atoms with E-state index in [0.29, 0.717) is 0 Å². The van der Waals surface area contributed by atoms with Gasteiger partial charge in [0.2, 0.25) is 3.23 Å². The van der Waals surface area contributed by atoms with Gasteiger partial charge in [0, 0.05) is 0 Å². The minimum absolute atomic E-state index is 0.597. The monoisotopic (exact) mass is 1090 g/mol. The van der Waals surface area contributed by atoms with Gasteiger partial charge in [0.05, 0.1) is 0 Å². The van der Waals surface area contributed by atoms with Crippen LogP contribution in [-0.2, 0) is 4.79 Å². The molecule has 0 aliphatic rings. The number of rotatable bonds is 18. The van der Waals surface area contributed by atoms with Crippen LogP contribution in [-0.4, -0.2) is 27.2 Å². The molecule has 0 unspecified atom stereocenters. The maximum absolute atomic E-state index is 11.8. The first-order valence-electron chi connectivity index (χ1n) is 10.6. The highest BCUT2D eigenvalue weighted by Crippen LogP contribution is 2.71. The molecule has 0 aliphatic heterocycles. The topological polar surface area (TPSA) is 37.3 Å². The quantitative estimate of drug-likeness (QED) is 0.110. The minimum Gasteiger partial charge on any atom is -0.480 e. The summed E-state index contributed by atoms with van der Waals surface area (Å²) in [5.41, 5.74) is 0. The molecule has 0 aromatic rings. The Morgan fingerprint density at radius 2 is 0.906 bits per heavy atom. The Kier molecular flexibility index (Phi) is 18.6. The zero-order valence-corrected chi connectivity index (χ0v) is 33.7. The van der Waals surface area contributed by atoms with Gasteiger partial charge in [-0.3, -0.25) is 0 Å². The molecule has 0 bridgehead atoms. The van der Waals surface area contributed by atoms with E-state index in [1.165, 1.54) is 64.2 Å². The Balaban J connectivity index is 4.62. The van der Waals surface area contributed by atoms with Crippen LogP contribution in [0.4, 0.5) is 0 Å². The lowest BCUT2D eigenvalue weighted by molar-refractivity contribution is -0.137. The van der Waals surface area contributed by atoms with Crippen molar-refractivity contribution in [3.63, 3.8) is 0 Å². The molecule has 0 rings (SSSR count). The molecular formula is C20H30Br10O2. The van der Waals surface area contributed by atoms with Gasteiger partial charge in [0.15, 0.2) is 0 Å². The number of hydrogen-bond acceptors (Lipinski definition) is 1. The first kappa shape index (κ1) is 36.3. The summed E-state index contributed by atoms with van der Waals surface area (Å²) in [5, 5.41) is 9.69. The number of halogens is 10. The van der Waals surface area contributed by atoms with Crippen LogP contribution >= 0.6 is 159 Å². The molecule has 0 saturated carbocycles. The molecule has 0 amide bonds. The Labute approximate surface area is 277 Å². The molecule has 2 nitrogen and oxygen atoms in total. The summed E-state index contributed by atoms with van der Waals surface area (Å²) >= 11 is 36.2. The molecule has 0 aromatic heterocycles. The van der Waals surface area contributed by atoms with Crippen LogP contribution < -0.4 is 0 Å². The van der Waals surface area contributed by atoms with Gasteiger partial charge in [0.25, 0.3) is 0 Å². The van der Waals surface area contributed by atoms with Crippen LogP contribution in [0.1, 0.15) is 90.4 Å². The fourth-order valence-corrected chi connectivity index (χ4v) is 11.2. The summed E-state index contributed by atoms with van der Waals surface area (Å²) < 4.78 is -5.26. The van der Waals surface area contributed by atoms with Crippen molar-refractivity contribution in [3.05, 3.63) is 0 Å². The Morgan fingerprint density at radius 3 is 1.25 bits per heavy atom. The molecule has 32 heavy (non-hydrogen) atoms. The number of aliphatic carboxylic acids is 1. The van der Waals surface area contributed by atoms with E-state index in [9.17, 15) is 9.90 Å². The smallest absolute Gasteiger partial charge is 0.333 e. The predicted molar refractivity (Wildman–Crippen MR) is 176 cm³/mol. The van der Waals surface area contributed by atoms with E-state index >= 15 is 0 Å². The van der Waals surface area contributed by atoms with E-state index in [4.69, 9.17) is 0 Å². The van der Waals surface area contributed by atoms with Crippen LogP contribution in [0.25, 0.3) is 0 Å². The average molecular weight is 1100 g/mol. The molecule has 0 radical (unpaired) electrons. The third kappa shape index (κ3) is 10.1. The zero-order chi connectivity index (χ0) is 25.3. The number of unbranched alkanes of at least 4 members (excludes halogenated alkanes) is 11. The second kappa shape index (κ2) is 16.4. The van der Waals surface area contributed by atoms with Gasteiger partial charge >= 0.3 is 5.97 Å². The maximum atomic E-state index is 11.8. The van der Waals surface area contributed by atoms with Crippen molar-refractivity contribution in [2.24, 2.45) is 0 Å². The SMILES string of the molecule is CCCCCCCCCCCCCCC(Br)(Br)C(Br)(Br)C(Br)(Br)C(Br)(Br)C(Br)(Br)C(=O)O. The Bertz CT molecular complexity index is 565. The van der Waals surface area contributed by atoms with E-state index in [1.54, 1.807) is 0 Å². The highest BCUT2D eigenvalue weighted by molar-refractivity contribution is 9.35. The summed E-state index contributed by atoms with van der Waals surface area (Å²) in [6.07, 6.45) is 16.3. The van der Waals surface area contributed by atoms with Crippen LogP contribution in [0.2, 0.25) is 0 Å². The first-order chi connectivity index (χ1) is 14.5. The van der Waals surface area contributed by atoms with Gasteiger partial charge in [0.1, 0.15) is 12.9 Å². The van der Waals surface area contributed by atoms with Crippen LogP contribution in [0.15, 0.2) is 0 Å². The minimum atomic E-state index is -1.53. The van der Waals surface area contributed by atoms with Crippen molar-refractivity contribution in [1.82, 2.24) is 0 Å². The van der Waals surface area contributed by atoms with Gasteiger partial charge in [-0.2, -0.15) is 0 Å². The van der Waals surface area contributed by atoms with Gasteiger partial charge in [-0.05, 0) is 6.42 Å². The third-order valence-electron chi connectivity index (χ3n) is 5.26. The molecule has 0 aromatic carbocycles. The van der Waals surface area contributed by atoms with Crippen molar-refractivity contribution in [1.29, 1.82) is 0 Å². The van der Waals surface area contributed by atoms with Gasteiger partial charge in [-0.1, -0.05) is 243 Å². The molecule has 0 spiro atoms. The fraction of sp³-hybridized carbons (Fsp3) is 0.950. The second-order valence-corrected chi connectivity index (χ2v) is 25.5. The number of carboxylic acids is 1. The van der Waals surface area contributed by atoms with Gasteiger partial charge in [-0.25, -0.2) is 4.79 Å². The van der Waals surface area contributed by atoms with E-state index in [-0.39, 0.29) is 0 Å². The number of alkyl halides is 10. The Hall–Kier alpha value is 4.27. The fourth-order valence-electron chi connectivity index (χ4n) is 3.10. The number of hydrogen-bond donors (Lipinski definition) is 1. The highest BCUT2D eigenvalue weighted by atomic mass is 79.9. The predicted octanol–water partition coefficient (Wildman–Crippen LogP) is 12.6. The molecule has 0 atom stereocenters. The van der Waals surface area contributed by atoms with Gasteiger partial charge in [-0.15, -0.1) is 0 Å². The lowest BCUT2D eigenvalue weighted by Crippen LogP contribution is -2.62. The molecule has 12 heteroatoms. The van der Waals surface area contributed by atoms with Gasteiger partial charge < -0.3 is 5.11 Å². The van der Waals surface area contributed by atoms with Crippen molar-refractivity contribution < 1.29 is 9.90 Å². The van der Waals surface area contributed by atoms with E-state index in [2.05, 4.69) is 166 Å². The average Bonchev–Trinajstić information content (AvgIpc) is 2.68. The lowest BCUT2D eigenvalue weighted by atomic mass is 10.0.